The second-order valence-electron chi connectivity index (χ2n) is 6.06. The predicted octanol–water partition coefficient (Wildman–Crippen LogP) is 4.05. The quantitative estimate of drug-likeness (QED) is 0.736. The lowest BCUT2D eigenvalue weighted by atomic mass is 10.1. The van der Waals surface area contributed by atoms with Crippen LogP contribution in [0.25, 0.3) is 0 Å². The summed E-state index contributed by atoms with van der Waals surface area (Å²) in [6.07, 6.45) is 3.56. The Morgan fingerprint density at radius 1 is 1.16 bits per heavy atom. The summed E-state index contributed by atoms with van der Waals surface area (Å²) in [5.74, 6) is 0.550. The van der Waals surface area contributed by atoms with Crippen molar-refractivity contribution in [1.29, 1.82) is 5.41 Å². The Labute approximate surface area is 150 Å². The summed E-state index contributed by atoms with van der Waals surface area (Å²) in [6, 6.07) is 8.71. The Balaban J connectivity index is 2.31. The van der Waals surface area contributed by atoms with Crippen molar-refractivity contribution >= 4 is 22.8 Å². The fourth-order valence-electron chi connectivity index (χ4n) is 2.84. The average Bonchev–Trinajstić information content (AvgIpc) is 2.59. The van der Waals surface area contributed by atoms with E-state index in [1.165, 1.54) is 5.69 Å². The molecule has 5 nitrogen and oxygen atoms in total. The maximum absolute atomic E-state index is 8.02. The maximum atomic E-state index is 8.02. The number of rotatable bonds is 7. The molecule has 0 atom stereocenters. The van der Waals surface area contributed by atoms with Crippen LogP contribution < -0.4 is 10.2 Å². The van der Waals surface area contributed by atoms with Crippen LogP contribution in [0.5, 0.6) is 0 Å². The Morgan fingerprint density at radius 3 is 2.36 bits per heavy atom. The molecule has 1 aromatic rings. The van der Waals surface area contributed by atoms with Crippen LogP contribution in [0.15, 0.2) is 52.9 Å². The molecule has 25 heavy (non-hydrogen) atoms. The van der Waals surface area contributed by atoms with Crippen molar-refractivity contribution < 1.29 is 4.74 Å². The molecule has 1 aliphatic rings. The zero-order valence-electron chi connectivity index (χ0n) is 15.8. The molecular formula is C20H28N4O. The largest absolute Gasteiger partial charge is 0.492 e. The molecule has 1 aromatic carbocycles. The molecule has 0 unspecified atom stereocenters. The third-order valence-electron chi connectivity index (χ3n) is 4.06. The highest BCUT2D eigenvalue weighted by atomic mass is 16.5. The van der Waals surface area contributed by atoms with Crippen molar-refractivity contribution in [3.63, 3.8) is 0 Å². The summed E-state index contributed by atoms with van der Waals surface area (Å²) in [6.45, 7) is 9.96. The van der Waals surface area contributed by atoms with Gasteiger partial charge in [0.1, 0.15) is 5.76 Å². The van der Waals surface area contributed by atoms with Gasteiger partial charge in [-0.1, -0.05) is 0 Å². The molecule has 0 heterocycles. The van der Waals surface area contributed by atoms with Gasteiger partial charge in [0.2, 0.25) is 0 Å². The minimum atomic E-state index is 0.357. The van der Waals surface area contributed by atoms with Crippen molar-refractivity contribution in [2.24, 2.45) is 4.99 Å². The maximum Gasteiger partial charge on any atom is 0.146 e. The molecule has 0 fully saturated rings. The van der Waals surface area contributed by atoms with Crippen LogP contribution in [-0.2, 0) is 4.74 Å². The number of allylic oxidation sites excluding steroid dienone is 2. The number of hydrogen-bond acceptors (Lipinski definition) is 5. The summed E-state index contributed by atoms with van der Waals surface area (Å²) in [7, 11) is 1.83. The fraction of sp³-hybridized carbons (Fsp3) is 0.400. The molecule has 0 bridgehead atoms. The molecule has 2 rings (SSSR count). The van der Waals surface area contributed by atoms with Gasteiger partial charge >= 0.3 is 0 Å². The first-order valence-corrected chi connectivity index (χ1v) is 8.78. The zero-order valence-corrected chi connectivity index (χ0v) is 15.8. The molecule has 0 saturated heterocycles. The molecular weight excluding hydrogens is 312 g/mol. The van der Waals surface area contributed by atoms with E-state index in [4.69, 9.17) is 15.1 Å². The van der Waals surface area contributed by atoms with E-state index in [1.54, 1.807) is 6.08 Å². The van der Waals surface area contributed by atoms with Gasteiger partial charge in [-0.25, -0.2) is 4.99 Å². The van der Waals surface area contributed by atoms with Crippen LogP contribution in [0.2, 0.25) is 0 Å². The number of benzene rings is 1. The van der Waals surface area contributed by atoms with Crippen molar-refractivity contribution in [2.75, 3.05) is 25.1 Å². The van der Waals surface area contributed by atoms with Gasteiger partial charge in [-0.3, -0.25) is 5.41 Å². The second-order valence-corrected chi connectivity index (χ2v) is 6.06. The van der Waals surface area contributed by atoms with Crippen LogP contribution in [0, 0.1) is 5.41 Å². The minimum absolute atomic E-state index is 0.357. The van der Waals surface area contributed by atoms with E-state index in [9.17, 15) is 0 Å². The van der Waals surface area contributed by atoms with Crippen LogP contribution in [0.3, 0.4) is 0 Å². The molecule has 0 amide bonds. The molecule has 0 radical (unpaired) electrons. The van der Waals surface area contributed by atoms with E-state index < -0.39 is 0 Å². The van der Waals surface area contributed by atoms with Crippen LogP contribution in [-0.4, -0.2) is 37.7 Å². The first-order chi connectivity index (χ1) is 12.0. The highest BCUT2D eigenvalue weighted by Gasteiger charge is 2.16. The van der Waals surface area contributed by atoms with E-state index in [2.05, 4.69) is 43.1 Å². The van der Waals surface area contributed by atoms with Crippen molar-refractivity contribution in [3.8, 4) is 0 Å². The Kier molecular flexibility index (Phi) is 6.39. The molecule has 0 spiro atoms. The lowest BCUT2D eigenvalue weighted by molar-refractivity contribution is 0.250. The van der Waals surface area contributed by atoms with Crippen LogP contribution in [0.4, 0.5) is 11.4 Å². The van der Waals surface area contributed by atoms with Gasteiger partial charge < -0.3 is 15.0 Å². The monoisotopic (exact) mass is 340 g/mol. The van der Waals surface area contributed by atoms with Gasteiger partial charge in [0.25, 0.3) is 0 Å². The first-order valence-electron chi connectivity index (χ1n) is 8.78. The highest BCUT2D eigenvalue weighted by Crippen LogP contribution is 2.23. The van der Waals surface area contributed by atoms with E-state index in [-0.39, 0.29) is 0 Å². The predicted molar refractivity (Wildman–Crippen MR) is 106 cm³/mol. The molecule has 1 aliphatic carbocycles. The summed E-state index contributed by atoms with van der Waals surface area (Å²) >= 11 is 0. The number of hydrogen-bond donors (Lipinski definition) is 2. The summed E-state index contributed by atoms with van der Waals surface area (Å²) < 4.78 is 5.52. The number of nitrogens with one attached hydrogen (secondary N) is 2. The van der Waals surface area contributed by atoms with Crippen LogP contribution >= 0.6 is 0 Å². The van der Waals surface area contributed by atoms with E-state index in [0.29, 0.717) is 24.1 Å². The zero-order chi connectivity index (χ0) is 18.4. The summed E-state index contributed by atoms with van der Waals surface area (Å²) in [5.41, 5.74) is 4.01. The summed E-state index contributed by atoms with van der Waals surface area (Å²) in [4.78, 5) is 7.06. The Bertz CT molecular complexity index is 699. The van der Waals surface area contributed by atoms with Gasteiger partial charge in [-0.05, 0) is 58.0 Å². The first kappa shape index (κ1) is 18.8. The van der Waals surface area contributed by atoms with Gasteiger partial charge in [-0.2, -0.15) is 0 Å². The third-order valence-corrected chi connectivity index (χ3v) is 4.06. The normalized spacial score (nSPS) is 15.9. The molecule has 2 N–H and O–H groups in total. The smallest absolute Gasteiger partial charge is 0.146 e. The standard InChI is InChI=1S/C20H28N4O/c1-6-24(14(3)4)16-10-8-15(9-11-16)23-19-13-20(25-7-2)17(21)12-18(19)22-5/h8-14,21-22H,6-7H2,1-5H3/b21-17?,23-19+. The van der Waals surface area contributed by atoms with Gasteiger partial charge in [-0.15, -0.1) is 0 Å². The molecule has 134 valence electrons. The van der Waals surface area contributed by atoms with E-state index in [0.717, 1.165) is 23.6 Å². The summed E-state index contributed by atoms with van der Waals surface area (Å²) in [5, 5.41) is 11.1. The molecule has 0 saturated carbocycles. The van der Waals surface area contributed by atoms with Crippen molar-refractivity contribution in [2.45, 2.75) is 33.7 Å². The van der Waals surface area contributed by atoms with E-state index >= 15 is 0 Å². The van der Waals surface area contributed by atoms with Gasteiger partial charge in [0.15, 0.2) is 0 Å². The van der Waals surface area contributed by atoms with Gasteiger partial charge in [0.05, 0.1) is 29.4 Å². The van der Waals surface area contributed by atoms with Gasteiger partial charge in [0, 0.05) is 31.4 Å². The Morgan fingerprint density at radius 2 is 1.84 bits per heavy atom. The number of aliphatic imine (C=N–C) groups is 1. The SMILES string of the molecule is CCOC1=C/C(=N\c2ccc(N(CC)C(C)C)cc2)C(NC)=CC1=N. The lowest BCUT2D eigenvalue weighted by Crippen LogP contribution is -2.30. The Hall–Kier alpha value is -2.56. The van der Waals surface area contributed by atoms with Crippen molar-refractivity contribution in [3.05, 3.63) is 47.9 Å². The van der Waals surface area contributed by atoms with E-state index in [1.807, 2.05) is 32.2 Å². The molecule has 0 aromatic heterocycles. The van der Waals surface area contributed by atoms with Crippen molar-refractivity contribution in [1.82, 2.24) is 5.32 Å². The third kappa shape index (κ3) is 4.50. The van der Waals surface area contributed by atoms with Crippen LogP contribution in [0.1, 0.15) is 27.7 Å². The highest BCUT2D eigenvalue weighted by molar-refractivity contribution is 6.22. The molecule has 5 heteroatoms. The number of nitrogens with zero attached hydrogens (tertiary/aromatic N) is 2. The lowest BCUT2D eigenvalue weighted by Gasteiger charge is -2.27. The number of ether oxygens (including phenoxy) is 1. The second kappa shape index (κ2) is 8.51. The molecule has 0 aliphatic heterocycles. The fourth-order valence-corrected chi connectivity index (χ4v) is 2.84. The number of anilines is 1. The average molecular weight is 340 g/mol. The minimum Gasteiger partial charge on any atom is -0.492 e. The topological polar surface area (TPSA) is 60.7 Å².